The summed E-state index contributed by atoms with van der Waals surface area (Å²) in [4.78, 5) is 37.8. The number of esters is 3. The van der Waals surface area contributed by atoms with Crippen LogP contribution in [0, 0.1) is 0 Å². The van der Waals surface area contributed by atoms with Gasteiger partial charge in [0.25, 0.3) is 0 Å². The maximum Gasteiger partial charge on any atom is 0.306 e. The summed E-state index contributed by atoms with van der Waals surface area (Å²) in [7, 11) is 0. The van der Waals surface area contributed by atoms with Crippen LogP contribution in [0.4, 0.5) is 0 Å². The first-order valence-corrected chi connectivity index (χ1v) is 28.2. The second kappa shape index (κ2) is 55.9. The van der Waals surface area contributed by atoms with Crippen LogP contribution in [-0.2, 0) is 28.6 Å². The lowest BCUT2D eigenvalue weighted by molar-refractivity contribution is -0.167. The first-order chi connectivity index (χ1) is 33.5. The predicted octanol–water partition coefficient (Wildman–Crippen LogP) is 18.9. The maximum absolute atomic E-state index is 12.7. The molecule has 0 aliphatic rings. The highest BCUT2D eigenvalue weighted by Crippen LogP contribution is 2.15. The van der Waals surface area contributed by atoms with Crippen LogP contribution in [0.3, 0.4) is 0 Å². The molecule has 0 N–H and O–H groups in total. The third kappa shape index (κ3) is 53.3. The largest absolute Gasteiger partial charge is 0.462 e. The van der Waals surface area contributed by atoms with E-state index in [0.717, 1.165) is 116 Å². The second-order valence-electron chi connectivity index (χ2n) is 18.5. The van der Waals surface area contributed by atoms with Crippen molar-refractivity contribution in [3.05, 3.63) is 97.2 Å². The fraction of sp³-hybridized carbons (Fsp3) is 0.694. The van der Waals surface area contributed by atoms with Crippen LogP contribution in [0.5, 0.6) is 0 Å². The summed E-state index contributed by atoms with van der Waals surface area (Å²) >= 11 is 0. The number of carbonyl (C=O) groups excluding carboxylic acids is 3. The van der Waals surface area contributed by atoms with Crippen molar-refractivity contribution in [2.75, 3.05) is 13.2 Å². The van der Waals surface area contributed by atoms with E-state index >= 15 is 0 Å². The first-order valence-electron chi connectivity index (χ1n) is 28.2. The van der Waals surface area contributed by atoms with Gasteiger partial charge in [0.15, 0.2) is 6.10 Å². The molecular formula is C62H104O6. The summed E-state index contributed by atoms with van der Waals surface area (Å²) in [6.07, 6.45) is 74.3. The van der Waals surface area contributed by atoms with Gasteiger partial charge in [-0.3, -0.25) is 14.4 Å². The van der Waals surface area contributed by atoms with Crippen molar-refractivity contribution < 1.29 is 28.6 Å². The van der Waals surface area contributed by atoms with Gasteiger partial charge in [0.1, 0.15) is 13.2 Å². The van der Waals surface area contributed by atoms with Crippen molar-refractivity contribution in [1.29, 1.82) is 0 Å². The Hall–Kier alpha value is -3.67. The Morgan fingerprint density at radius 2 is 0.574 bits per heavy atom. The van der Waals surface area contributed by atoms with Gasteiger partial charge in [0.2, 0.25) is 0 Å². The molecule has 6 heteroatoms. The Labute approximate surface area is 419 Å². The minimum absolute atomic E-state index is 0.0768. The van der Waals surface area contributed by atoms with E-state index < -0.39 is 6.10 Å². The fourth-order valence-corrected chi connectivity index (χ4v) is 7.63. The van der Waals surface area contributed by atoms with Crippen LogP contribution in [0.15, 0.2) is 97.2 Å². The summed E-state index contributed by atoms with van der Waals surface area (Å²) < 4.78 is 16.7. The molecule has 0 amide bonds. The second-order valence-corrected chi connectivity index (χ2v) is 18.5. The highest BCUT2D eigenvalue weighted by Gasteiger charge is 2.19. The van der Waals surface area contributed by atoms with Gasteiger partial charge in [0, 0.05) is 19.3 Å². The lowest BCUT2D eigenvalue weighted by Gasteiger charge is -2.18. The van der Waals surface area contributed by atoms with Gasteiger partial charge in [-0.05, 0) is 83.5 Å². The smallest absolute Gasteiger partial charge is 0.306 e. The average molecular weight is 946 g/mol. The van der Waals surface area contributed by atoms with Crippen molar-refractivity contribution in [2.24, 2.45) is 0 Å². The van der Waals surface area contributed by atoms with E-state index in [1.165, 1.54) is 103 Å². The minimum Gasteiger partial charge on any atom is -0.462 e. The molecule has 1 atom stereocenters. The van der Waals surface area contributed by atoms with Gasteiger partial charge < -0.3 is 14.2 Å². The van der Waals surface area contributed by atoms with Crippen LogP contribution in [0.25, 0.3) is 0 Å². The molecule has 0 rings (SSSR count). The summed E-state index contributed by atoms with van der Waals surface area (Å²) in [5, 5.41) is 0. The molecule has 0 bridgehead atoms. The van der Waals surface area contributed by atoms with Crippen LogP contribution in [0.2, 0.25) is 0 Å². The Morgan fingerprint density at radius 1 is 0.309 bits per heavy atom. The number of unbranched alkanes of at least 4 members (excludes halogenated alkanes) is 23. The highest BCUT2D eigenvalue weighted by molar-refractivity contribution is 5.71. The third-order valence-corrected chi connectivity index (χ3v) is 11.9. The van der Waals surface area contributed by atoms with E-state index in [1.807, 2.05) is 0 Å². The molecule has 0 spiro atoms. The van der Waals surface area contributed by atoms with Crippen molar-refractivity contribution in [2.45, 2.75) is 264 Å². The molecule has 6 nitrogen and oxygen atoms in total. The molecule has 0 aromatic heterocycles. The molecular weight excluding hydrogens is 841 g/mol. The number of rotatable bonds is 50. The number of carbonyl (C=O) groups is 3. The van der Waals surface area contributed by atoms with E-state index in [-0.39, 0.29) is 31.1 Å². The molecule has 0 aromatic carbocycles. The average Bonchev–Trinajstić information content (AvgIpc) is 3.34. The molecule has 0 saturated heterocycles. The number of hydrogen-bond acceptors (Lipinski definition) is 6. The summed E-state index contributed by atoms with van der Waals surface area (Å²) in [5.41, 5.74) is 0. The molecule has 1 unspecified atom stereocenters. The third-order valence-electron chi connectivity index (χ3n) is 11.9. The van der Waals surface area contributed by atoms with E-state index in [9.17, 15) is 14.4 Å². The van der Waals surface area contributed by atoms with Crippen molar-refractivity contribution in [1.82, 2.24) is 0 Å². The van der Waals surface area contributed by atoms with Crippen LogP contribution >= 0.6 is 0 Å². The van der Waals surface area contributed by atoms with Gasteiger partial charge >= 0.3 is 17.9 Å². The molecule has 0 saturated carbocycles. The van der Waals surface area contributed by atoms with Gasteiger partial charge in [-0.25, -0.2) is 0 Å². The van der Waals surface area contributed by atoms with Crippen LogP contribution < -0.4 is 0 Å². The maximum atomic E-state index is 12.7. The molecule has 0 heterocycles. The molecule has 0 radical (unpaired) electrons. The molecule has 0 fully saturated rings. The minimum atomic E-state index is -0.774. The molecule has 0 aliphatic carbocycles. The Kier molecular flexibility index (Phi) is 52.9. The Balaban J connectivity index is 4.08. The quantitative estimate of drug-likeness (QED) is 0.0262. The molecule has 68 heavy (non-hydrogen) atoms. The lowest BCUT2D eigenvalue weighted by atomic mass is 10.1. The van der Waals surface area contributed by atoms with Crippen molar-refractivity contribution in [3.63, 3.8) is 0 Å². The van der Waals surface area contributed by atoms with E-state index in [1.54, 1.807) is 0 Å². The zero-order valence-corrected chi connectivity index (χ0v) is 44.3. The topological polar surface area (TPSA) is 78.9 Å². The van der Waals surface area contributed by atoms with E-state index in [0.29, 0.717) is 19.3 Å². The predicted molar refractivity (Wildman–Crippen MR) is 293 cm³/mol. The summed E-state index contributed by atoms with van der Waals surface area (Å²) in [5.74, 6) is -0.892. The Morgan fingerprint density at radius 3 is 0.897 bits per heavy atom. The van der Waals surface area contributed by atoms with Gasteiger partial charge in [-0.2, -0.15) is 0 Å². The number of allylic oxidation sites excluding steroid dienone is 16. The Bertz CT molecular complexity index is 1360. The first kappa shape index (κ1) is 64.3. The normalized spacial score (nSPS) is 12.8. The molecule has 0 aromatic rings. The van der Waals surface area contributed by atoms with E-state index in [4.69, 9.17) is 14.2 Å². The fourth-order valence-electron chi connectivity index (χ4n) is 7.63. The molecule has 0 aliphatic heterocycles. The van der Waals surface area contributed by atoms with Gasteiger partial charge in [0.05, 0.1) is 0 Å². The summed E-state index contributed by atoms with van der Waals surface area (Å²) in [6.45, 7) is 6.46. The highest BCUT2D eigenvalue weighted by atomic mass is 16.6. The molecule has 388 valence electrons. The van der Waals surface area contributed by atoms with Crippen LogP contribution in [-0.4, -0.2) is 37.2 Å². The zero-order chi connectivity index (χ0) is 49.3. The van der Waals surface area contributed by atoms with Gasteiger partial charge in [-0.15, -0.1) is 0 Å². The monoisotopic (exact) mass is 945 g/mol. The number of ether oxygens (including phenoxy) is 3. The lowest BCUT2D eigenvalue weighted by Crippen LogP contribution is -2.30. The van der Waals surface area contributed by atoms with Crippen molar-refractivity contribution in [3.8, 4) is 0 Å². The zero-order valence-electron chi connectivity index (χ0n) is 44.3. The standard InChI is InChI=1S/C62H104O6/c1-4-7-10-13-16-19-20-21-22-23-24-25-26-27-28-29-30-31-32-33-34-35-36-37-38-39-40-41-42-44-46-49-52-55-61(64)67-58-59(57-66-60(63)54-51-48-45-18-15-12-9-6-3)68-62(65)56-53-50-47-43-17-14-11-8-5-2/h7,10,16,19,21-22,24-25,27-28,30-31,33-34,36-37,59H,4-6,8-9,11-15,17-18,20,23,26,29,32,35,38-58H2,1-3H3/b10-7-,19-16-,22-21-,25-24-,28-27-,31-30-,34-33-,37-36-. The van der Waals surface area contributed by atoms with Gasteiger partial charge in [-0.1, -0.05) is 253 Å². The van der Waals surface area contributed by atoms with E-state index in [2.05, 4.69) is 118 Å². The SMILES string of the molecule is CC/C=C\C/C=C\C/C=C\C/C=C\C/C=C\C/C=C\C/C=C\C/C=C\CCCCCCCCCCC(=O)OCC(COC(=O)CCCCCCCCCC)OC(=O)CCCCCCCCCCC. The number of hydrogen-bond donors (Lipinski definition) is 0. The van der Waals surface area contributed by atoms with Crippen LogP contribution in [0.1, 0.15) is 258 Å². The van der Waals surface area contributed by atoms with Crippen molar-refractivity contribution >= 4 is 17.9 Å². The summed E-state index contributed by atoms with van der Waals surface area (Å²) in [6, 6.07) is 0.